The van der Waals surface area contributed by atoms with Gasteiger partial charge in [0, 0.05) is 25.7 Å². The first-order valence-corrected chi connectivity index (χ1v) is 46.2. The van der Waals surface area contributed by atoms with Gasteiger partial charge in [-0.15, -0.1) is 0 Å². The van der Waals surface area contributed by atoms with E-state index in [4.69, 9.17) is 37.0 Å². The Hall–Kier alpha value is -1.94. The summed E-state index contributed by atoms with van der Waals surface area (Å²) in [5, 5.41) is 10.7. The molecule has 0 fully saturated rings. The molecule has 0 aromatic rings. The molecule has 6 atom stereocenters. The summed E-state index contributed by atoms with van der Waals surface area (Å²) in [5.74, 6) is 1.01. The Bertz CT molecular complexity index is 2010. The van der Waals surface area contributed by atoms with Crippen LogP contribution in [0.5, 0.6) is 0 Å². The van der Waals surface area contributed by atoms with Crippen molar-refractivity contribution < 1.29 is 80.2 Å². The number of hydrogen-bond acceptors (Lipinski definition) is 15. The Balaban J connectivity index is 5.19. The maximum Gasteiger partial charge on any atom is 0.472 e. The first-order chi connectivity index (χ1) is 49.6. The lowest BCUT2D eigenvalue weighted by Gasteiger charge is -2.21. The molecule has 0 aliphatic rings. The number of rotatable bonds is 81. The summed E-state index contributed by atoms with van der Waals surface area (Å²) in [5.41, 5.74) is 0. The standard InChI is InChI=1S/C84H164O17P2/c1-9-77(8)63-55-47-38-32-26-20-16-12-10-11-13-17-21-27-34-40-50-58-66-83(88)100-79(70-94-81(86)64-56-48-39-33-29-23-25-31-37-45-53-61-75(4)5)72-98-102(90,91)96-68-78(85)69-97-103(92,93)99-73-80(71-95-82(87)65-57-49-43-42-46-54-62-76(6)7)101-84(89)67-59-51-41-35-28-22-18-14-15-19-24-30-36-44-52-60-74(2)3/h74-80,85H,9-73H2,1-8H3,(H,90,91)(H,92,93)/t77?,78?,79-,80-/m1/s1. The van der Waals surface area contributed by atoms with Gasteiger partial charge in [-0.05, 0) is 49.4 Å². The van der Waals surface area contributed by atoms with E-state index in [2.05, 4.69) is 55.4 Å². The van der Waals surface area contributed by atoms with E-state index in [-0.39, 0.29) is 25.7 Å². The van der Waals surface area contributed by atoms with Gasteiger partial charge in [0.05, 0.1) is 26.4 Å². The second kappa shape index (κ2) is 72.9. The molecule has 19 heteroatoms. The normalized spacial score (nSPS) is 14.2. The van der Waals surface area contributed by atoms with Gasteiger partial charge < -0.3 is 33.8 Å². The fourth-order valence-electron chi connectivity index (χ4n) is 12.9. The third kappa shape index (κ3) is 76.6. The molecule has 4 unspecified atom stereocenters. The monoisotopic (exact) mass is 1510 g/mol. The zero-order valence-electron chi connectivity index (χ0n) is 68.0. The van der Waals surface area contributed by atoms with Crippen molar-refractivity contribution in [2.75, 3.05) is 39.6 Å². The Morgan fingerprint density at radius 1 is 0.272 bits per heavy atom. The summed E-state index contributed by atoms with van der Waals surface area (Å²) in [6.07, 6.45) is 61.3. The molecule has 0 spiro atoms. The average molecular weight is 1510 g/mol. The lowest BCUT2D eigenvalue weighted by molar-refractivity contribution is -0.161. The molecule has 0 saturated heterocycles. The van der Waals surface area contributed by atoms with Gasteiger partial charge in [0.2, 0.25) is 0 Å². The number of carbonyl (C=O) groups is 4. The number of ether oxygens (including phenoxy) is 4. The molecule has 0 aromatic carbocycles. The van der Waals surface area contributed by atoms with E-state index >= 15 is 0 Å². The highest BCUT2D eigenvalue weighted by Crippen LogP contribution is 2.45. The number of aliphatic hydroxyl groups excluding tert-OH is 1. The zero-order chi connectivity index (χ0) is 76.0. The maximum absolute atomic E-state index is 13.1. The quantitative estimate of drug-likeness (QED) is 0.0222. The van der Waals surface area contributed by atoms with Crippen LogP contribution in [0, 0.1) is 23.7 Å². The van der Waals surface area contributed by atoms with Crippen LogP contribution in [0.25, 0.3) is 0 Å². The highest BCUT2D eigenvalue weighted by Gasteiger charge is 2.30. The van der Waals surface area contributed by atoms with Crippen molar-refractivity contribution in [3.8, 4) is 0 Å². The van der Waals surface area contributed by atoms with Crippen molar-refractivity contribution in [3.05, 3.63) is 0 Å². The van der Waals surface area contributed by atoms with Gasteiger partial charge in [0.15, 0.2) is 12.2 Å². The highest BCUT2D eigenvalue weighted by molar-refractivity contribution is 7.47. The maximum atomic E-state index is 13.1. The molecule has 0 radical (unpaired) electrons. The smallest absolute Gasteiger partial charge is 0.462 e. The van der Waals surface area contributed by atoms with E-state index in [1.165, 1.54) is 231 Å². The van der Waals surface area contributed by atoms with Crippen molar-refractivity contribution in [3.63, 3.8) is 0 Å². The van der Waals surface area contributed by atoms with Crippen LogP contribution in [0.4, 0.5) is 0 Å². The summed E-state index contributed by atoms with van der Waals surface area (Å²) in [6.45, 7) is 14.3. The Morgan fingerprint density at radius 2 is 0.466 bits per heavy atom. The molecule has 0 bridgehead atoms. The third-order valence-electron chi connectivity index (χ3n) is 19.9. The van der Waals surface area contributed by atoms with Crippen molar-refractivity contribution in [1.82, 2.24) is 0 Å². The average Bonchev–Trinajstić information content (AvgIpc) is 0.909. The molecule has 612 valence electrons. The lowest BCUT2D eigenvalue weighted by Crippen LogP contribution is -2.30. The lowest BCUT2D eigenvalue weighted by atomic mass is 9.99. The SMILES string of the molecule is CCC(C)CCCCCCCCCCCCCCCCCCCCC(=O)O[C@H](COC(=O)CCCCCCCCCCCCCC(C)C)COP(=O)(O)OCC(O)COP(=O)(O)OC[C@@H](COC(=O)CCCCCCCCC(C)C)OC(=O)CCCCCCCCCCCCCCCCCC(C)C. The van der Waals surface area contributed by atoms with E-state index in [1.807, 2.05) is 0 Å². The van der Waals surface area contributed by atoms with Crippen molar-refractivity contribution in [1.29, 1.82) is 0 Å². The second-order valence-electron chi connectivity index (χ2n) is 31.9. The number of phosphoric ester groups is 2. The van der Waals surface area contributed by atoms with E-state index in [9.17, 15) is 43.2 Å². The summed E-state index contributed by atoms with van der Waals surface area (Å²) >= 11 is 0. The number of unbranched alkanes of at least 4 members (excludes halogenated alkanes) is 46. The third-order valence-corrected chi connectivity index (χ3v) is 21.8. The Kier molecular flexibility index (Phi) is 71.5. The van der Waals surface area contributed by atoms with Crippen LogP contribution >= 0.6 is 15.6 Å². The molecule has 17 nitrogen and oxygen atoms in total. The molecule has 0 aromatic heterocycles. The molecule has 0 rings (SSSR count). The second-order valence-corrected chi connectivity index (χ2v) is 34.8. The van der Waals surface area contributed by atoms with Gasteiger partial charge in [-0.25, -0.2) is 9.13 Å². The fourth-order valence-corrected chi connectivity index (χ4v) is 14.5. The summed E-state index contributed by atoms with van der Waals surface area (Å²) in [4.78, 5) is 73.1. The van der Waals surface area contributed by atoms with E-state index in [0.717, 1.165) is 114 Å². The Labute approximate surface area is 632 Å². The molecular weight excluding hydrogens is 1340 g/mol. The molecular formula is C84H164O17P2. The number of hydrogen-bond donors (Lipinski definition) is 3. The first-order valence-electron chi connectivity index (χ1n) is 43.2. The number of carbonyl (C=O) groups excluding carboxylic acids is 4. The molecule has 3 N–H and O–H groups in total. The largest absolute Gasteiger partial charge is 0.472 e. The molecule has 103 heavy (non-hydrogen) atoms. The van der Waals surface area contributed by atoms with E-state index in [1.54, 1.807) is 0 Å². The summed E-state index contributed by atoms with van der Waals surface area (Å²) in [6, 6.07) is 0. The van der Waals surface area contributed by atoms with Crippen molar-refractivity contribution >= 4 is 39.5 Å². The fraction of sp³-hybridized carbons (Fsp3) is 0.952. The van der Waals surface area contributed by atoms with Crippen LogP contribution in [0.2, 0.25) is 0 Å². The van der Waals surface area contributed by atoms with E-state index in [0.29, 0.717) is 31.6 Å². The number of aliphatic hydroxyl groups is 1. The van der Waals surface area contributed by atoms with E-state index < -0.39 is 97.5 Å². The van der Waals surface area contributed by atoms with Crippen LogP contribution < -0.4 is 0 Å². The van der Waals surface area contributed by atoms with Crippen molar-refractivity contribution in [2.45, 2.75) is 453 Å². The molecule has 0 aliphatic heterocycles. The number of esters is 4. The minimum atomic E-state index is -4.96. The van der Waals surface area contributed by atoms with Gasteiger partial charge in [-0.1, -0.05) is 383 Å². The minimum Gasteiger partial charge on any atom is -0.462 e. The number of phosphoric acid groups is 2. The molecule has 0 saturated carbocycles. The van der Waals surface area contributed by atoms with Gasteiger partial charge >= 0.3 is 39.5 Å². The van der Waals surface area contributed by atoms with Crippen molar-refractivity contribution in [2.24, 2.45) is 23.7 Å². The predicted octanol–water partition coefficient (Wildman–Crippen LogP) is 25.2. The topological polar surface area (TPSA) is 237 Å². The Morgan fingerprint density at radius 3 is 0.689 bits per heavy atom. The van der Waals surface area contributed by atoms with Gasteiger partial charge in [-0.3, -0.25) is 37.3 Å². The summed E-state index contributed by atoms with van der Waals surface area (Å²) < 4.78 is 68.8. The van der Waals surface area contributed by atoms with Crippen LogP contribution in [0.1, 0.15) is 434 Å². The first kappa shape index (κ1) is 101. The van der Waals surface area contributed by atoms with Crippen LogP contribution in [-0.2, 0) is 65.4 Å². The molecule has 0 aliphatic carbocycles. The van der Waals surface area contributed by atoms with Crippen LogP contribution in [0.3, 0.4) is 0 Å². The summed E-state index contributed by atoms with van der Waals surface area (Å²) in [7, 11) is -9.92. The molecule has 0 amide bonds. The predicted molar refractivity (Wildman–Crippen MR) is 423 cm³/mol. The highest BCUT2D eigenvalue weighted by atomic mass is 31.2. The van der Waals surface area contributed by atoms with Crippen LogP contribution in [0.15, 0.2) is 0 Å². The minimum absolute atomic E-state index is 0.106. The van der Waals surface area contributed by atoms with Crippen LogP contribution in [-0.4, -0.2) is 96.7 Å². The van der Waals surface area contributed by atoms with Gasteiger partial charge in [0.1, 0.15) is 19.3 Å². The molecule has 0 heterocycles. The van der Waals surface area contributed by atoms with Gasteiger partial charge in [0.25, 0.3) is 0 Å². The van der Waals surface area contributed by atoms with Gasteiger partial charge in [-0.2, -0.15) is 0 Å². The zero-order valence-corrected chi connectivity index (χ0v) is 69.7.